The van der Waals surface area contributed by atoms with Gasteiger partial charge in [0.2, 0.25) is 0 Å². The molecule has 1 unspecified atom stereocenters. The third-order valence-corrected chi connectivity index (χ3v) is 3.47. The summed E-state index contributed by atoms with van der Waals surface area (Å²) in [7, 11) is 0. The Kier molecular flexibility index (Phi) is 3.78. The number of hydrogen-bond acceptors (Lipinski definition) is 2. The van der Waals surface area contributed by atoms with Crippen LogP contribution in [-0.4, -0.2) is 39.6 Å². The summed E-state index contributed by atoms with van der Waals surface area (Å²) in [5.41, 5.74) is 1.06. The van der Waals surface area contributed by atoms with Crippen LogP contribution in [0.15, 0.2) is 6.07 Å². The third kappa shape index (κ3) is 2.89. The molecule has 0 aromatic carbocycles. The molecule has 1 aromatic heterocycles. The summed E-state index contributed by atoms with van der Waals surface area (Å²) in [4.78, 5) is 27.7. The number of rotatable bonds is 2. The number of urea groups is 1. The van der Waals surface area contributed by atoms with Gasteiger partial charge in [-0.15, -0.1) is 0 Å². The maximum absolute atomic E-state index is 12.2. The molecule has 0 bridgehead atoms. The number of nitrogens with zero attached hydrogens (tertiary/aromatic N) is 1. The van der Waals surface area contributed by atoms with E-state index in [4.69, 9.17) is 5.11 Å². The van der Waals surface area contributed by atoms with Gasteiger partial charge in [0.1, 0.15) is 5.69 Å². The lowest BCUT2D eigenvalue weighted by atomic mass is 10.0. The lowest BCUT2D eigenvalue weighted by molar-refractivity contribution is 0.0692. The van der Waals surface area contributed by atoms with Gasteiger partial charge in [0, 0.05) is 18.3 Å². The van der Waals surface area contributed by atoms with E-state index in [-0.39, 0.29) is 17.8 Å². The summed E-state index contributed by atoms with van der Waals surface area (Å²) in [6.45, 7) is 4.49. The fourth-order valence-electron chi connectivity index (χ4n) is 2.44. The van der Waals surface area contributed by atoms with Gasteiger partial charge in [0.25, 0.3) is 0 Å². The van der Waals surface area contributed by atoms with E-state index >= 15 is 0 Å². The van der Waals surface area contributed by atoms with Crippen molar-refractivity contribution in [3.63, 3.8) is 0 Å². The SMILES string of the molecule is Cc1cc(NC(=O)N2CCCCC2C)c(C(=O)O)[nH]1. The Hall–Kier alpha value is -1.98. The Labute approximate surface area is 111 Å². The van der Waals surface area contributed by atoms with Gasteiger partial charge in [-0.25, -0.2) is 9.59 Å². The molecule has 1 aliphatic rings. The Morgan fingerprint density at radius 3 is 2.84 bits per heavy atom. The van der Waals surface area contributed by atoms with Gasteiger partial charge in [-0.1, -0.05) is 0 Å². The highest BCUT2D eigenvalue weighted by molar-refractivity contribution is 5.99. The van der Waals surface area contributed by atoms with E-state index < -0.39 is 5.97 Å². The maximum Gasteiger partial charge on any atom is 0.354 e. The van der Waals surface area contributed by atoms with E-state index in [1.165, 1.54) is 0 Å². The normalized spacial score (nSPS) is 19.3. The van der Waals surface area contributed by atoms with Crippen LogP contribution in [0.1, 0.15) is 42.4 Å². The molecule has 3 N–H and O–H groups in total. The zero-order valence-corrected chi connectivity index (χ0v) is 11.2. The van der Waals surface area contributed by atoms with Crippen molar-refractivity contribution in [3.8, 4) is 0 Å². The number of aryl methyl sites for hydroxylation is 1. The summed E-state index contributed by atoms with van der Waals surface area (Å²) >= 11 is 0. The second kappa shape index (κ2) is 5.34. The molecule has 1 fully saturated rings. The van der Waals surface area contributed by atoms with Gasteiger partial charge in [-0.3, -0.25) is 0 Å². The number of likely N-dealkylation sites (tertiary alicyclic amines) is 1. The molecule has 0 radical (unpaired) electrons. The monoisotopic (exact) mass is 265 g/mol. The molecule has 2 amide bonds. The number of amides is 2. The molecule has 0 aliphatic carbocycles. The zero-order chi connectivity index (χ0) is 14.0. The minimum absolute atomic E-state index is 0.0236. The smallest absolute Gasteiger partial charge is 0.354 e. The molecule has 19 heavy (non-hydrogen) atoms. The number of carboxylic acid groups (broad SMARTS) is 1. The van der Waals surface area contributed by atoms with Crippen molar-refractivity contribution in [1.29, 1.82) is 0 Å². The maximum atomic E-state index is 12.2. The van der Waals surface area contributed by atoms with Crippen molar-refractivity contribution in [2.45, 2.75) is 39.2 Å². The number of piperidine rings is 1. The van der Waals surface area contributed by atoms with Crippen molar-refractivity contribution >= 4 is 17.7 Å². The van der Waals surface area contributed by atoms with E-state index in [1.807, 2.05) is 6.92 Å². The van der Waals surface area contributed by atoms with Crippen LogP contribution in [0.4, 0.5) is 10.5 Å². The van der Waals surface area contributed by atoms with Crippen LogP contribution < -0.4 is 5.32 Å². The number of hydrogen-bond donors (Lipinski definition) is 3. The zero-order valence-electron chi connectivity index (χ0n) is 11.2. The molecule has 1 saturated heterocycles. The largest absolute Gasteiger partial charge is 0.477 e. The van der Waals surface area contributed by atoms with E-state index in [0.717, 1.165) is 25.8 Å². The summed E-state index contributed by atoms with van der Waals surface area (Å²) < 4.78 is 0. The van der Waals surface area contributed by atoms with Gasteiger partial charge in [0.15, 0.2) is 0 Å². The second-order valence-electron chi connectivity index (χ2n) is 5.01. The molecule has 1 aliphatic heterocycles. The highest BCUT2D eigenvalue weighted by Crippen LogP contribution is 2.21. The lowest BCUT2D eigenvalue weighted by Gasteiger charge is -2.33. The summed E-state index contributed by atoms with van der Waals surface area (Å²) in [5.74, 6) is -1.07. The van der Waals surface area contributed by atoms with Crippen molar-refractivity contribution in [3.05, 3.63) is 17.5 Å². The second-order valence-corrected chi connectivity index (χ2v) is 5.01. The topological polar surface area (TPSA) is 85.4 Å². The molecule has 2 heterocycles. The standard InChI is InChI=1S/C13H19N3O3/c1-8-7-10(11(14-8)12(17)18)15-13(19)16-6-4-3-5-9(16)2/h7,9,14H,3-6H2,1-2H3,(H,15,19)(H,17,18). The number of carbonyl (C=O) groups is 2. The molecule has 1 atom stereocenters. The highest BCUT2D eigenvalue weighted by Gasteiger charge is 2.24. The molecule has 0 saturated carbocycles. The van der Waals surface area contributed by atoms with Crippen molar-refractivity contribution < 1.29 is 14.7 Å². The lowest BCUT2D eigenvalue weighted by Crippen LogP contribution is -2.44. The van der Waals surface area contributed by atoms with Crippen LogP contribution in [0.2, 0.25) is 0 Å². The minimum atomic E-state index is -1.07. The van der Waals surface area contributed by atoms with Gasteiger partial charge < -0.3 is 20.3 Å². The number of carbonyl (C=O) groups excluding carboxylic acids is 1. The first kappa shape index (κ1) is 13.5. The predicted octanol–water partition coefficient (Wildman–Crippen LogP) is 2.43. The fourth-order valence-corrected chi connectivity index (χ4v) is 2.44. The summed E-state index contributed by atoms with van der Waals surface area (Å²) in [6, 6.07) is 1.60. The Morgan fingerprint density at radius 2 is 2.21 bits per heavy atom. The van der Waals surface area contributed by atoms with E-state index in [2.05, 4.69) is 10.3 Å². The molecule has 1 aromatic rings. The Morgan fingerprint density at radius 1 is 1.47 bits per heavy atom. The quantitative estimate of drug-likeness (QED) is 0.767. The molecule has 104 valence electrons. The van der Waals surface area contributed by atoms with Crippen LogP contribution in [0, 0.1) is 6.92 Å². The predicted molar refractivity (Wildman–Crippen MR) is 71.5 cm³/mol. The fraction of sp³-hybridized carbons (Fsp3) is 0.538. The number of anilines is 1. The Bertz CT molecular complexity index is 495. The van der Waals surface area contributed by atoms with Crippen LogP contribution in [0.5, 0.6) is 0 Å². The third-order valence-electron chi connectivity index (χ3n) is 3.47. The van der Waals surface area contributed by atoms with Crippen molar-refractivity contribution in [2.75, 3.05) is 11.9 Å². The average molecular weight is 265 g/mol. The van der Waals surface area contributed by atoms with Crippen LogP contribution in [0.25, 0.3) is 0 Å². The first-order valence-corrected chi connectivity index (χ1v) is 6.49. The number of nitrogens with one attached hydrogen (secondary N) is 2. The van der Waals surface area contributed by atoms with Gasteiger partial charge >= 0.3 is 12.0 Å². The molecule has 6 nitrogen and oxygen atoms in total. The van der Waals surface area contributed by atoms with Crippen molar-refractivity contribution in [1.82, 2.24) is 9.88 Å². The molecule has 0 spiro atoms. The molecule has 2 rings (SSSR count). The summed E-state index contributed by atoms with van der Waals surface area (Å²) in [5, 5.41) is 11.7. The molecule has 6 heteroatoms. The molecular weight excluding hydrogens is 246 g/mol. The number of aromatic nitrogens is 1. The summed E-state index contributed by atoms with van der Waals surface area (Å²) in [6.07, 6.45) is 3.12. The average Bonchev–Trinajstić information content (AvgIpc) is 2.70. The van der Waals surface area contributed by atoms with Crippen LogP contribution >= 0.6 is 0 Å². The number of aromatic amines is 1. The first-order chi connectivity index (χ1) is 8.99. The van der Waals surface area contributed by atoms with Crippen molar-refractivity contribution in [2.24, 2.45) is 0 Å². The molecular formula is C13H19N3O3. The van der Waals surface area contributed by atoms with E-state index in [1.54, 1.807) is 17.9 Å². The van der Waals surface area contributed by atoms with Gasteiger partial charge in [0.05, 0.1) is 5.69 Å². The first-order valence-electron chi connectivity index (χ1n) is 6.49. The number of H-pyrrole nitrogens is 1. The minimum Gasteiger partial charge on any atom is -0.477 e. The van der Waals surface area contributed by atoms with Crippen LogP contribution in [0.3, 0.4) is 0 Å². The highest BCUT2D eigenvalue weighted by atomic mass is 16.4. The van der Waals surface area contributed by atoms with E-state index in [9.17, 15) is 9.59 Å². The van der Waals surface area contributed by atoms with E-state index in [0.29, 0.717) is 11.4 Å². The number of aromatic carboxylic acids is 1. The van der Waals surface area contributed by atoms with Crippen LogP contribution in [-0.2, 0) is 0 Å². The van der Waals surface area contributed by atoms with Gasteiger partial charge in [-0.2, -0.15) is 0 Å². The Balaban J connectivity index is 2.12. The number of carboxylic acids is 1. The van der Waals surface area contributed by atoms with Gasteiger partial charge in [-0.05, 0) is 39.2 Å².